The lowest BCUT2D eigenvalue weighted by molar-refractivity contribution is 0.0551. The number of carbonyl (C=O) groups excluding carboxylic acids is 1. The molecule has 1 aromatic rings. The summed E-state index contributed by atoms with van der Waals surface area (Å²) >= 11 is -2.88. The van der Waals surface area contributed by atoms with Gasteiger partial charge in [-0.25, -0.2) is 18.7 Å². The van der Waals surface area contributed by atoms with E-state index in [1.165, 1.54) is 19.2 Å². The fraction of sp³-hybridized carbons (Fsp3) is 0.429. The third-order valence-electron chi connectivity index (χ3n) is 2.61. The van der Waals surface area contributed by atoms with E-state index in [0.29, 0.717) is 0 Å². The molecule has 1 amide bonds. The van der Waals surface area contributed by atoms with Gasteiger partial charge in [-0.2, -0.15) is 0 Å². The lowest BCUT2D eigenvalue weighted by atomic mass is 10.1. The Bertz CT molecular complexity index is 640. The van der Waals surface area contributed by atoms with Gasteiger partial charge in [-0.3, -0.25) is 4.18 Å². The number of benzene rings is 1. The summed E-state index contributed by atoms with van der Waals surface area (Å²) in [7, 11) is 1.32. The Balaban J connectivity index is 3.31. The normalized spacial score (nSPS) is 12.4. The second-order valence-corrected chi connectivity index (χ2v) is 6.20. The Labute approximate surface area is 141 Å². The number of aromatic carboxylic acids is 1. The van der Waals surface area contributed by atoms with Gasteiger partial charge in [-0.15, -0.1) is 0 Å². The predicted octanol–water partition coefficient (Wildman–Crippen LogP) is 1.90. The Hall–Kier alpha value is -2.17. The Morgan fingerprint density at radius 3 is 2.42 bits per heavy atom. The third-order valence-corrected chi connectivity index (χ3v) is 2.91. The molecule has 1 unspecified atom stereocenters. The van der Waals surface area contributed by atoms with E-state index in [9.17, 15) is 18.4 Å². The van der Waals surface area contributed by atoms with E-state index in [1.807, 2.05) is 0 Å². The molecule has 1 N–H and O–H groups in total. The van der Waals surface area contributed by atoms with Crippen LogP contribution < -0.4 is 9.64 Å². The second kappa shape index (κ2) is 8.08. The number of carboxylic acids is 1. The molecule has 0 bridgehead atoms. The van der Waals surface area contributed by atoms with Crippen molar-refractivity contribution < 1.29 is 37.1 Å². The van der Waals surface area contributed by atoms with Crippen LogP contribution >= 0.6 is 0 Å². The van der Waals surface area contributed by atoms with E-state index >= 15 is 0 Å². The van der Waals surface area contributed by atoms with Crippen molar-refractivity contribution in [3.05, 3.63) is 23.8 Å². The molecular weight excluding hydrogens is 342 g/mol. The van der Waals surface area contributed by atoms with Gasteiger partial charge in [0, 0.05) is 0 Å². The van der Waals surface area contributed by atoms with Crippen LogP contribution in [0.5, 0.6) is 5.75 Å². The zero-order chi connectivity index (χ0) is 18.5. The van der Waals surface area contributed by atoms with Gasteiger partial charge in [0.05, 0.1) is 29.7 Å². The summed E-state index contributed by atoms with van der Waals surface area (Å²) in [5.74, 6) is -1.08. The fourth-order valence-electron chi connectivity index (χ4n) is 1.67. The topological polar surface area (TPSA) is 125 Å². The van der Waals surface area contributed by atoms with Gasteiger partial charge in [0.1, 0.15) is 18.1 Å². The minimum Gasteiger partial charge on any atom is -0.750 e. The highest BCUT2D eigenvalue weighted by Crippen LogP contribution is 2.31. The van der Waals surface area contributed by atoms with Gasteiger partial charge < -0.3 is 19.1 Å². The number of methoxy groups -OCH3 is 1. The molecule has 0 aromatic heterocycles. The molecule has 1 atom stereocenters. The van der Waals surface area contributed by atoms with E-state index in [0.717, 1.165) is 11.0 Å². The SMILES string of the molecule is COc1ccc(C(=O)O)cc1N(COS(=O)[O-])C(=O)OC(C)(C)C. The van der Waals surface area contributed by atoms with Gasteiger partial charge in [-0.1, -0.05) is 0 Å². The quantitative estimate of drug-likeness (QED) is 0.602. The number of nitrogens with zero attached hydrogens (tertiary/aromatic N) is 1. The monoisotopic (exact) mass is 360 g/mol. The highest BCUT2D eigenvalue weighted by Gasteiger charge is 2.27. The zero-order valence-electron chi connectivity index (χ0n) is 13.6. The summed E-state index contributed by atoms with van der Waals surface area (Å²) in [5.41, 5.74) is -0.983. The van der Waals surface area contributed by atoms with Crippen LogP contribution in [-0.4, -0.2) is 45.4 Å². The van der Waals surface area contributed by atoms with E-state index < -0.39 is 35.8 Å². The largest absolute Gasteiger partial charge is 0.750 e. The van der Waals surface area contributed by atoms with Gasteiger partial charge >= 0.3 is 12.1 Å². The minimum absolute atomic E-state index is 0.00269. The van der Waals surface area contributed by atoms with Crippen molar-refractivity contribution in [2.24, 2.45) is 0 Å². The van der Waals surface area contributed by atoms with Crippen LogP contribution in [0.15, 0.2) is 18.2 Å². The molecule has 1 rings (SSSR count). The summed E-state index contributed by atoms with van der Waals surface area (Å²) in [6.07, 6.45) is -0.922. The number of hydrogen-bond acceptors (Lipinski definition) is 7. The molecular formula is C14H18NO8S-. The van der Waals surface area contributed by atoms with Crippen LogP contribution in [0.25, 0.3) is 0 Å². The maximum absolute atomic E-state index is 12.3. The third kappa shape index (κ3) is 5.80. The van der Waals surface area contributed by atoms with E-state index in [1.54, 1.807) is 20.8 Å². The molecule has 0 saturated carbocycles. The number of rotatable bonds is 6. The molecule has 0 saturated heterocycles. The molecule has 0 fully saturated rings. The number of amides is 1. The molecule has 1 aromatic carbocycles. The molecule has 134 valence electrons. The predicted molar refractivity (Wildman–Crippen MR) is 83.5 cm³/mol. The smallest absolute Gasteiger partial charge is 0.416 e. The Morgan fingerprint density at radius 2 is 1.96 bits per heavy atom. The summed E-state index contributed by atoms with van der Waals surface area (Å²) in [5, 5.41) is 9.09. The van der Waals surface area contributed by atoms with E-state index in [-0.39, 0.29) is 17.0 Å². The molecule has 10 heteroatoms. The van der Waals surface area contributed by atoms with Crippen LogP contribution in [0.4, 0.5) is 10.5 Å². The molecule has 0 spiro atoms. The fourth-order valence-corrected chi connectivity index (χ4v) is 1.86. The molecule has 24 heavy (non-hydrogen) atoms. The van der Waals surface area contributed by atoms with Crippen molar-refractivity contribution in [3.63, 3.8) is 0 Å². The number of hydrogen-bond donors (Lipinski definition) is 1. The first kappa shape index (κ1) is 19.9. The van der Waals surface area contributed by atoms with Gasteiger partial charge in [0.15, 0.2) is 0 Å². The van der Waals surface area contributed by atoms with Crippen molar-refractivity contribution >= 4 is 29.1 Å². The molecule has 0 aliphatic rings. The molecule has 0 radical (unpaired) electrons. The maximum Gasteiger partial charge on any atom is 0.416 e. The van der Waals surface area contributed by atoms with E-state index in [4.69, 9.17) is 14.6 Å². The first-order valence-electron chi connectivity index (χ1n) is 6.69. The maximum atomic E-state index is 12.3. The summed E-state index contributed by atoms with van der Waals surface area (Å²) in [6, 6.07) is 3.77. The van der Waals surface area contributed by atoms with Crippen LogP contribution in [0.1, 0.15) is 31.1 Å². The van der Waals surface area contributed by atoms with Gasteiger partial charge in [-0.05, 0) is 39.0 Å². The number of ether oxygens (including phenoxy) is 2. The number of carbonyl (C=O) groups is 2. The average molecular weight is 360 g/mol. The van der Waals surface area contributed by atoms with Crippen LogP contribution in [0, 0.1) is 0 Å². The van der Waals surface area contributed by atoms with Crippen molar-refractivity contribution in [3.8, 4) is 5.75 Å². The van der Waals surface area contributed by atoms with Crippen molar-refractivity contribution in [1.82, 2.24) is 0 Å². The highest BCUT2D eigenvalue weighted by atomic mass is 32.2. The van der Waals surface area contributed by atoms with Crippen molar-refractivity contribution in [2.75, 3.05) is 18.7 Å². The summed E-state index contributed by atoms with van der Waals surface area (Å²) < 4.78 is 36.0. The average Bonchev–Trinajstić information content (AvgIpc) is 2.44. The number of carboxylic acid groups (broad SMARTS) is 1. The first-order valence-corrected chi connectivity index (χ1v) is 7.69. The summed E-state index contributed by atoms with van der Waals surface area (Å²) in [6.45, 7) is 4.17. The molecule has 0 aliphatic carbocycles. The molecule has 0 aliphatic heterocycles. The number of anilines is 1. The highest BCUT2D eigenvalue weighted by molar-refractivity contribution is 7.74. The van der Waals surface area contributed by atoms with Crippen molar-refractivity contribution in [2.45, 2.75) is 26.4 Å². The van der Waals surface area contributed by atoms with Crippen LogP contribution in [0.2, 0.25) is 0 Å². The minimum atomic E-state index is -2.88. The standard InChI is InChI=1S/C14H19NO8S/c1-14(2,3)23-13(18)15(8-22-24(19)20)10-7-9(12(16)17)5-6-11(10)21-4/h5-7H,8H2,1-4H3,(H,16,17)(H,19,20)/p-1. The molecule has 0 heterocycles. The van der Waals surface area contributed by atoms with Crippen molar-refractivity contribution in [1.29, 1.82) is 0 Å². The lowest BCUT2D eigenvalue weighted by Gasteiger charge is -2.28. The first-order chi connectivity index (χ1) is 11.0. The van der Waals surface area contributed by atoms with Gasteiger partial charge in [0.25, 0.3) is 0 Å². The van der Waals surface area contributed by atoms with Crippen LogP contribution in [-0.2, 0) is 20.3 Å². The zero-order valence-corrected chi connectivity index (χ0v) is 14.4. The Morgan fingerprint density at radius 1 is 1.33 bits per heavy atom. The molecule has 9 nitrogen and oxygen atoms in total. The summed E-state index contributed by atoms with van der Waals surface area (Å²) in [4.78, 5) is 24.3. The van der Waals surface area contributed by atoms with E-state index in [2.05, 4.69) is 4.18 Å². The Kier molecular flexibility index (Phi) is 6.70. The second-order valence-electron chi connectivity index (χ2n) is 5.55. The van der Waals surface area contributed by atoms with Crippen LogP contribution in [0.3, 0.4) is 0 Å². The lowest BCUT2D eigenvalue weighted by Crippen LogP contribution is -2.38. The van der Waals surface area contributed by atoms with Gasteiger partial charge in [0.2, 0.25) is 0 Å².